The van der Waals surface area contributed by atoms with E-state index in [-0.39, 0.29) is 36.5 Å². The highest BCUT2D eigenvalue weighted by molar-refractivity contribution is 14.0. The van der Waals surface area contributed by atoms with Gasteiger partial charge in [-0.25, -0.2) is 0 Å². The molecule has 0 saturated carbocycles. The van der Waals surface area contributed by atoms with Gasteiger partial charge in [0.05, 0.1) is 0 Å². The molecule has 0 unspecified atom stereocenters. The van der Waals surface area contributed by atoms with Crippen LogP contribution in [-0.4, -0.2) is 44.5 Å². The van der Waals surface area contributed by atoms with E-state index in [0.717, 1.165) is 11.1 Å². The Morgan fingerprint density at radius 1 is 1.10 bits per heavy atom. The standard InChI is InChI=1S/C20H24Cl2N4O2.HI/c1-23-20(25-12-15-7-8-16(21)10-18(15)22)24-11-14-5-4-6-17(9-14)28-13-19(27)26(2)3;/h4-10H,11-13H2,1-3H3,(H2,23,24,25);1H. The van der Waals surface area contributed by atoms with Gasteiger partial charge in [-0.2, -0.15) is 0 Å². The summed E-state index contributed by atoms with van der Waals surface area (Å²) in [7, 11) is 5.09. The second kappa shape index (κ2) is 12.8. The van der Waals surface area contributed by atoms with E-state index in [0.29, 0.717) is 34.8 Å². The van der Waals surface area contributed by atoms with Gasteiger partial charge in [-0.15, -0.1) is 24.0 Å². The Hall–Kier alpha value is -1.71. The first-order chi connectivity index (χ1) is 13.4. The quantitative estimate of drug-likeness (QED) is 0.311. The highest BCUT2D eigenvalue weighted by atomic mass is 127. The van der Waals surface area contributed by atoms with E-state index in [1.165, 1.54) is 4.90 Å². The summed E-state index contributed by atoms with van der Waals surface area (Å²) < 4.78 is 5.54. The van der Waals surface area contributed by atoms with Crippen molar-refractivity contribution >= 4 is 59.0 Å². The lowest BCUT2D eigenvalue weighted by Gasteiger charge is -2.14. The van der Waals surface area contributed by atoms with E-state index < -0.39 is 0 Å². The summed E-state index contributed by atoms with van der Waals surface area (Å²) in [6.45, 7) is 1.08. The zero-order valence-electron chi connectivity index (χ0n) is 16.5. The van der Waals surface area contributed by atoms with E-state index in [4.69, 9.17) is 27.9 Å². The third-order valence-corrected chi connectivity index (χ3v) is 4.49. The van der Waals surface area contributed by atoms with Gasteiger partial charge in [-0.3, -0.25) is 9.79 Å². The van der Waals surface area contributed by atoms with Gasteiger partial charge < -0.3 is 20.3 Å². The van der Waals surface area contributed by atoms with Crippen molar-refractivity contribution in [1.82, 2.24) is 15.5 Å². The fourth-order valence-corrected chi connectivity index (χ4v) is 2.75. The smallest absolute Gasteiger partial charge is 0.259 e. The van der Waals surface area contributed by atoms with Gasteiger partial charge in [0.2, 0.25) is 0 Å². The van der Waals surface area contributed by atoms with E-state index in [1.54, 1.807) is 33.3 Å². The predicted octanol–water partition coefficient (Wildman–Crippen LogP) is 3.94. The molecule has 0 aliphatic carbocycles. The van der Waals surface area contributed by atoms with Crippen molar-refractivity contribution in [3.8, 4) is 5.75 Å². The Morgan fingerprint density at radius 3 is 2.48 bits per heavy atom. The number of ether oxygens (including phenoxy) is 1. The molecule has 0 saturated heterocycles. The minimum absolute atomic E-state index is 0. The van der Waals surface area contributed by atoms with Gasteiger partial charge in [0.15, 0.2) is 12.6 Å². The van der Waals surface area contributed by atoms with Gasteiger partial charge in [0.25, 0.3) is 5.91 Å². The molecule has 9 heteroatoms. The second-order valence-electron chi connectivity index (χ2n) is 6.24. The summed E-state index contributed by atoms with van der Waals surface area (Å²) >= 11 is 12.1. The highest BCUT2D eigenvalue weighted by Crippen LogP contribution is 2.20. The van der Waals surface area contributed by atoms with Crippen LogP contribution in [0, 0.1) is 0 Å². The molecule has 1 amide bonds. The molecule has 2 N–H and O–H groups in total. The van der Waals surface area contributed by atoms with Gasteiger partial charge in [-0.05, 0) is 35.4 Å². The number of amides is 1. The van der Waals surface area contributed by atoms with E-state index in [9.17, 15) is 4.79 Å². The van der Waals surface area contributed by atoms with Crippen LogP contribution in [0.5, 0.6) is 5.75 Å². The maximum Gasteiger partial charge on any atom is 0.259 e. The van der Waals surface area contributed by atoms with Crippen LogP contribution in [0.25, 0.3) is 0 Å². The lowest BCUT2D eigenvalue weighted by molar-refractivity contribution is -0.130. The molecular formula is C20H25Cl2IN4O2. The Kier molecular flexibility index (Phi) is 11.2. The normalized spacial score (nSPS) is 10.7. The van der Waals surface area contributed by atoms with Crippen LogP contribution in [0.1, 0.15) is 11.1 Å². The first-order valence-corrected chi connectivity index (χ1v) is 9.45. The number of hydrogen-bond acceptors (Lipinski definition) is 3. The predicted molar refractivity (Wildman–Crippen MR) is 130 cm³/mol. The molecule has 0 heterocycles. The van der Waals surface area contributed by atoms with Crippen LogP contribution < -0.4 is 15.4 Å². The molecule has 0 fully saturated rings. The SMILES string of the molecule is CN=C(NCc1cccc(OCC(=O)N(C)C)c1)NCc1ccc(Cl)cc1Cl.I. The first kappa shape index (κ1) is 25.3. The molecule has 29 heavy (non-hydrogen) atoms. The van der Waals surface area contributed by atoms with Crippen LogP contribution in [0.15, 0.2) is 47.5 Å². The van der Waals surface area contributed by atoms with Crippen molar-refractivity contribution in [3.05, 3.63) is 63.6 Å². The van der Waals surface area contributed by atoms with Gasteiger partial charge in [-0.1, -0.05) is 41.4 Å². The lowest BCUT2D eigenvalue weighted by atomic mass is 10.2. The molecule has 0 aliphatic rings. The summed E-state index contributed by atoms with van der Waals surface area (Å²) in [5, 5.41) is 7.66. The minimum atomic E-state index is -0.0889. The summed E-state index contributed by atoms with van der Waals surface area (Å²) in [6.07, 6.45) is 0. The monoisotopic (exact) mass is 550 g/mol. The molecule has 2 aromatic carbocycles. The van der Waals surface area contributed by atoms with Gasteiger partial charge in [0.1, 0.15) is 5.75 Å². The van der Waals surface area contributed by atoms with E-state index in [2.05, 4.69) is 15.6 Å². The number of aliphatic imine (C=N–C) groups is 1. The number of nitrogens with zero attached hydrogens (tertiary/aromatic N) is 2. The topological polar surface area (TPSA) is 66.0 Å². The van der Waals surface area contributed by atoms with E-state index in [1.807, 2.05) is 30.3 Å². The summed E-state index contributed by atoms with van der Waals surface area (Å²) in [5.41, 5.74) is 1.93. The number of nitrogens with one attached hydrogen (secondary N) is 2. The number of benzene rings is 2. The second-order valence-corrected chi connectivity index (χ2v) is 7.08. The van der Waals surface area contributed by atoms with Crippen molar-refractivity contribution in [2.24, 2.45) is 4.99 Å². The Balaban J connectivity index is 0.00000420. The molecular weight excluding hydrogens is 526 g/mol. The zero-order chi connectivity index (χ0) is 20.5. The highest BCUT2D eigenvalue weighted by Gasteiger charge is 2.06. The number of likely N-dealkylation sites (N-methyl/N-ethyl adjacent to an activating group) is 1. The zero-order valence-corrected chi connectivity index (χ0v) is 20.4. The van der Waals surface area contributed by atoms with Crippen molar-refractivity contribution in [2.75, 3.05) is 27.7 Å². The van der Waals surface area contributed by atoms with Crippen molar-refractivity contribution in [3.63, 3.8) is 0 Å². The molecule has 6 nitrogen and oxygen atoms in total. The van der Waals surface area contributed by atoms with Crippen LogP contribution in [0.2, 0.25) is 10.0 Å². The molecule has 0 radical (unpaired) electrons. The van der Waals surface area contributed by atoms with Crippen LogP contribution in [0.3, 0.4) is 0 Å². The minimum Gasteiger partial charge on any atom is -0.484 e. The molecule has 0 aliphatic heterocycles. The first-order valence-electron chi connectivity index (χ1n) is 8.69. The maximum absolute atomic E-state index is 11.6. The van der Waals surface area contributed by atoms with Gasteiger partial charge >= 0.3 is 0 Å². The molecule has 0 aromatic heterocycles. The number of guanidine groups is 1. The maximum atomic E-state index is 11.6. The molecule has 2 rings (SSSR count). The van der Waals surface area contributed by atoms with Crippen molar-refractivity contribution in [2.45, 2.75) is 13.1 Å². The van der Waals surface area contributed by atoms with Crippen molar-refractivity contribution < 1.29 is 9.53 Å². The lowest BCUT2D eigenvalue weighted by Crippen LogP contribution is -2.36. The van der Waals surface area contributed by atoms with Crippen LogP contribution >= 0.6 is 47.2 Å². The van der Waals surface area contributed by atoms with Crippen molar-refractivity contribution in [1.29, 1.82) is 0 Å². The number of carbonyl (C=O) groups excluding carboxylic acids is 1. The molecule has 0 spiro atoms. The summed E-state index contributed by atoms with van der Waals surface area (Å²) in [6, 6.07) is 12.9. The average Bonchev–Trinajstić information content (AvgIpc) is 2.67. The number of hydrogen-bond donors (Lipinski definition) is 2. The average molecular weight is 551 g/mol. The van der Waals surface area contributed by atoms with Crippen LogP contribution in [0.4, 0.5) is 0 Å². The van der Waals surface area contributed by atoms with E-state index >= 15 is 0 Å². The fraction of sp³-hybridized carbons (Fsp3) is 0.300. The molecule has 0 atom stereocenters. The van der Waals surface area contributed by atoms with Gasteiger partial charge in [0, 0.05) is 44.3 Å². The Morgan fingerprint density at radius 2 is 1.83 bits per heavy atom. The molecule has 158 valence electrons. The number of carbonyl (C=O) groups is 1. The molecule has 2 aromatic rings. The number of rotatable bonds is 7. The fourth-order valence-electron chi connectivity index (χ4n) is 2.27. The number of halogens is 3. The molecule has 0 bridgehead atoms. The van der Waals surface area contributed by atoms with Crippen LogP contribution in [-0.2, 0) is 17.9 Å². The third kappa shape index (κ3) is 8.67. The summed E-state index contributed by atoms with van der Waals surface area (Å²) in [5.74, 6) is 1.19. The largest absolute Gasteiger partial charge is 0.484 e. The third-order valence-electron chi connectivity index (χ3n) is 3.90. The Labute approximate surface area is 198 Å². The summed E-state index contributed by atoms with van der Waals surface area (Å²) in [4.78, 5) is 17.3. The Bertz CT molecular complexity index is 847.